The van der Waals surface area contributed by atoms with Crippen molar-refractivity contribution in [3.8, 4) is 11.8 Å². The minimum absolute atomic E-state index is 0.0414. The maximum absolute atomic E-state index is 12.2. The molecule has 0 aromatic heterocycles. The van der Waals surface area contributed by atoms with Gasteiger partial charge in [-0.1, -0.05) is 24.3 Å². The van der Waals surface area contributed by atoms with Gasteiger partial charge in [0.1, 0.15) is 5.75 Å². The van der Waals surface area contributed by atoms with E-state index in [1.165, 1.54) is 0 Å². The van der Waals surface area contributed by atoms with E-state index in [4.69, 9.17) is 5.26 Å². The molecule has 1 aliphatic rings. The first kappa shape index (κ1) is 12.2. The van der Waals surface area contributed by atoms with Gasteiger partial charge in [-0.2, -0.15) is 5.26 Å². The van der Waals surface area contributed by atoms with Crippen LogP contribution in [-0.4, -0.2) is 10.9 Å². The van der Waals surface area contributed by atoms with Crippen molar-refractivity contribution in [2.75, 3.05) is 0 Å². The van der Waals surface area contributed by atoms with Gasteiger partial charge >= 0.3 is 0 Å². The van der Waals surface area contributed by atoms with E-state index in [-0.39, 0.29) is 11.5 Å². The molecule has 0 atom stereocenters. The number of ketones is 1. The quantitative estimate of drug-likeness (QED) is 0.802. The Balaban J connectivity index is 1.97. The number of nitrogens with zero attached hydrogens (tertiary/aromatic N) is 1. The molecule has 0 bridgehead atoms. The summed E-state index contributed by atoms with van der Waals surface area (Å²) in [6, 6.07) is 14.1. The van der Waals surface area contributed by atoms with Crippen LogP contribution < -0.4 is 0 Å². The Kier molecular flexibility index (Phi) is 2.85. The van der Waals surface area contributed by atoms with Crippen LogP contribution in [-0.2, 0) is 6.42 Å². The van der Waals surface area contributed by atoms with Gasteiger partial charge in [0.25, 0.3) is 0 Å². The minimum Gasteiger partial charge on any atom is -0.508 e. The van der Waals surface area contributed by atoms with E-state index in [1.807, 2.05) is 18.2 Å². The molecule has 2 aromatic carbocycles. The number of carbonyl (C=O) groups excluding carboxylic acids is 1. The molecule has 0 radical (unpaired) electrons. The van der Waals surface area contributed by atoms with Gasteiger partial charge in [-0.25, -0.2) is 0 Å². The monoisotopic (exact) mass is 261 g/mol. The summed E-state index contributed by atoms with van der Waals surface area (Å²) in [6.45, 7) is 0. The summed E-state index contributed by atoms with van der Waals surface area (Å²) in [4.78, 5) is 12.2. The highest BCUT2D eigenvalue weighted by Gasteiger charge is 2.26. The fourth-order valence-corrected chi connectivity index (χ4v) is 2.39. The SMILES string of the molecule is N#Cc1ccc(/C=C2/Cc3c(O)cccc3C2=O)cc1. The molecule has 3 nitrogen and oxygen atoms in total. The van der Waals surface area contributed by atoms with Gasteiger partial charge in [-0.15, -0.1) is 0 Å². The second-order valence-electron chi connectivity index (χ2n) is 4.71. The summed E-state index contributed by atoms with van der Waals surface area (Å²) < 4.78 is 0. The number of phenolic OH excluding ortho intramolecular Hbond substituents is 1. The van der Waals surface area contributed by atoms with Crippen molar-refractivity contribution in [1.82, 2.24) is 0 Å². The highest BCUT2D eigenvalue weighted by molar-refractivity contribution is 6.16. The highest BCUT2D eigenvalue weighted by atomic mass is 16.3. The van der Waals surface area contributed by atoms with Crippen molar-refractivity contribution in [2.24, 2.45) is 0 Å². The number of aromatic hydroxyl groups is 1. The van der Waals surface area contributed by atoms with Crippen molar-refractivity contribution in [3.63, 3.8) is 0 Å². The van der Waals surface area contributed by atoms with Crippen LogP contribution in [0.4, 0.5) is 0 Å². The van der Waals surface area contributed by atoms with Gasteiger partial charge in [0.2, 0.25) is 0 Å². The Labute approximate surface area is 116 Å². The van der Waals surface area contributed by atoms with Gasteiger partial charge < -0.3 is 5.11 Å². The number of nitriles is 1. The van der Waals surface area contributed by atoms with E-state index < -0.39 is 0 Å². The van der Waals surface area contributed by atoms with E-state index in [1.54, 1.807) is 30.3 Å². The lowest BCUT2D eigenvalue weighted by atomic mass is 10.1. The molecule has 0 fully saturated rings. The van der Waals surface area contributed by atoms with Crippen LogP contribution in [0.15, 0.2) is 48.0 Å². The number of hydrogen-bond acceptors (Lipinski definition) is 3. The Bertz CT molecular complexity index is 765. The normalized spacial score (nSPS) is 15.2. The molecule has 0 saturated carbocycles. The Hall–Kier alpha value is -2.86. The first-order valence-electron chi connectivity index (χ1n) is 6.25. The van der Waals surface area contributed by atoms with E-state index in [0.717, 1.165) is 5.56 Å². The maximum atomic E-state index is 12.2. The topological polar surface area (TPSA) is 61.1 Å². The molecule has 3 heteroatoms. The van der Waals surface area contributed by atoms with Gasteiger partial charge in [-0.05, 0) is 29.8 Å². The van der Waals surface area contributed by atoms with Crippen LogP contribution in [0.25, 0.3) is 6.08 Å². The predicted octanol–water partition coefficient (Wildman–Crippen LogP) is 3.09. The third kappa shape index (κ3) is 1.98. The number of allylic oxidation sites excluding steroid dienone is 1. The molecule has 0 spiro atoms. The summed E-state index contributed by atoms with van der Waals surface area (Å²) in [6.07, 6.45) is 2.25. The third-order valence-electron chi connectivity index (χ3n) is 3.44. The molecule has 1 aliphatic carbocycles. The van der Waals surface area contributed by atoms with E-state index in [9.17, 15) is 9.90 Å². The van der Waals surface area contributed by atoms with Crippen molar-refractivity contribution in [2.45, 2.75) is 6.42 Å². The molecule has 0 unspecified atom stereocenters. The maximum Gasteiger partial charge on any atom is 0.189 e. The Morgan fingerprint density at radius 2 is 1.90 bits per heavy atom. The number of phenols is 1. The zero-order valence-electron chi connectivity index (χ0n) is 10.6. The molecule has 0 heterocycles. The summed E-state index contributed by atoms with van der Waals surface area (Å²) in [7, 11) is 0. The first-order chi connectivity index (χ1) is 9.69. The average Bonchev–Trinajstić information content (AvgIpc) is 2.79. The molecule has 0 saturated heterocycles. The van der Waals surface area contributed by atoms with Gasteiger partial charge in [-0.3, -0.25) is 4.79 Å². The molecule has 96 valence electrons. The fourth-order valence-electron chi connectivity index (χ4n) is 2.39. The van der Waals surface area contributed by atoms with Crippen molar-refractivity contribution < 1.29 is 9.90 Å². The molecule has 0 aliphatic heterocycles. The van der Waals surface area contributed by atoms with Gasteiger partial charge in [0.05, 0.1) is 11.6 Å². The van der Waals surface area contributed by atoms with Crippen molar-refractivity contribution in [1.29, 1.82) is 5.26 Å². The molecule has 20 heavy (non-hydrogen) atoms. The van der Waals surface area contributed by atoms with E-state index in [2.05, 4.69) is 6.07 Å². The number of benzene rings is 2. The van der Waals surface area contributed by atoms with E-state index >= 15 is 0 Å². The summed E-state index contributed by atoms with van der Waals surface area (Å²) in [5.74, 6) is 0.124. The standard InChI is InChI=1S/C17H11NO2/c18-10-12-6-4-11(5-7-12)8-13-9-15-14(17(13)20)2-1-3-16(15)19/h1-8,19H,9H2/b13-8-. The van der Waals surface area contributed by atoms with Crippen LogP contribution in [0.2, 0.25) is 0 Å². The average molecular weight is 261 g/mol. The minimum atomic E-state index is -0.0414. The summed E-state index contributed by atoms with van der Waals surface area (Å²) in [5, 5.41) is 18.5. The lowest BCUT2D eigenvalue weighted by Crippen LogP contribution is -1.94. The first-order valence-corrected chi connectivity index (χ1v) is 6.25. The fraction of sp³-hybridized carbons (Fsp3) is 0.0588. The number of hydrogen-bond donors (Lipinski definition) is 1. The van der Waals surface area contributed by atoms with Crippen LogP contribution in [0, 0.1) is 11.3 Å². The van der Waals surface area contributed by atoms with Gasteiger partial charge in [0.15, 0.2) is 5.78 Å². The molecular formula is C17H11NO2. The Morgan fingerprint density at radius 1 is 1.15 bits per heavy atom. The molecule has 0 amide bonds. The van der Waals surface area contributed by atoms with Crippen LogP contribution in [0.1, 0.15) is 27.0 Å². The van der Waals surface area contributed by atoms with E-state index in [0.29, 0.717) is 28.7 Å². The lowest BCUT2D eigenvalue weighted by molar-refractivity contribution is 0.104. The molecular weight excluding hydrogens is 250 g/mol. The number of carbonyl (C=O) groups is 1. The third-order valence-corrected chi connectivity index (χ3v) is 3.44. The van der Waals surface area contributed by atoms with Crippen LogP contribution in [0.3, 0.4) is 0 Å². The second kappa shape index (κ2) is 4.67. The molecule has 2 aromatic rings. The zero-order chi connectivity index (χ0) is 14.1. The zero-order valence-corrected chi connectivity index (χ0v) is 10.6. The van der Waals surface area contributed by atoms with Crippen molar-refractivity contribution in [3.05, 3.63) is 70.3 Å². The van der Waals surface area contributed by atoms with Crippen molar-refractivity contribution >= 4 is 11.9 Å². The smallest absolute Gasteiger partial charge is 0.189 e. The summed E-state index contributed by atoms with van der Waals surface area (Å²) in [5.41, 5.74) is 3.39. The molecule has 1 N–H and O–H groups in total. The number of fused-ring (bicyclic) bond motifs is 1. The van der Waals surface area contributed by atoms with Crippen LogP contribution >= 0.6 is 0 Å². The van der Waals surface area contributed by atoms with Crippen LogP contribution in [0.5, 0.6) is 5.75 Å². The largest absolute Gasteiger partial charge is 0.508 e. The Morgan fingerprint density at radius 3 is 2.55 bits per heavy atom. The van der Waals surface area contributed by atoms with Gasteiger partial charge in [0, 0.05) is 23.1 Å². The number of rotatable bonds is 1. The second-order valence-corrected chi connectivity index (χ2v) is 4.71. The highest BCUT2D eigenvalue weighted by Crippen LogP contribution is 2.33. The summed E-state index contributed by atoms with van der Waals surface area (Å²) >= 11 is 0. The predicted molar refractivity (Wildman–Crippen MR) is 75.3 cm³/mol. The lowest BCUT2D eigenvalue weighted by Gasteiger charge is -1.98. The number of Topliss-reactive ketones (excluding diaryl/α,β-unsaturated/α-hetero) is 1. The molecule has 3 rings (SSSR count).